The van der Waals surface area contributed by atoms with Crippen LogP contribution in [0.4, 0.5) is 0 Å². The number of hydrogen-bond donors (Lipinski definition) is 1. The van der Waals surface area contributed by atoms with E-state index in [9.17, 15) is 0 Å². The second kappa shape index (κ2) is 4.13. The monoisotopic (exact) mass is 256 g/mol. The molecule has 3 aromatic rings. The van der Waals surface area contributed by atoms with Crippen LogP contribution in [0.15, 0.2) is 27.5 Å². The Morgan fingerprint density at radius 1 is 1.44 bits per heavy atom. The molecule has 0 aliphatic heterocycles. The Morgan fingerprint density at radius 2 is 2.33 bits per heavy atom. The lowest BCUT2D eigenvalue weighted by Crippen LogP contribution is -1.80. The first-order valence-electron chi connectivity index (χ1n) is 5.23. The molecule has 18 heavy (non-hydrogen) atoms. The molecule has 3 heterocycles. The SMILES string of the molecule is Cc1cscc1-c1noc(-c2cc(C#N)c[nH]2)n1. The molecule has 1 N–H and O–H groups in total. The fourth-order valence-electron chi connectivity index (χ4n) is 1.61. The summed E-state index contributed by atoms with van der Waals surface area (Å²) in [6.45, 7) is 2.00. The van der Waals surface area contributed by atoms with Gasteiger partial charge in [0.25, 0.3) is 5.89 Å². The zero-order valence-electron chi connectivity index (χ0n) is 9.47. The maximum Gasteiger partial charge on any atom is 0.274 e. The van der Waals surface area contributed by atoms with Crippen LogP contribution in [-0.2, 0) is 0 Å². The predicted octanol–water partition coefficient (Wildman–Crippen LogP) is 2.97. The number of nitrogens with zero attached hydrogens (tertiary/aromatic N) is 3. The number of aromatic nitrogens is 3. The van der Waals surface area contributed by atoms with Gasteiger partial charge in [0, 0.05) is 17.1 Å². The van der Waals surface area contributed by atoms with Crippen LogP contribution in [-0.4, -0.2) is 15.1 Å². The van der Waals surface area contributed by atoms with E-state index in [1.807, 2.05) is 23.8 Å². The summed E-state index contributed by atoms with van der Waals surface area (Å²) in [5.74, 6) is 0.953. The maximum atomic E-state index is 8.75. The number of nitrogens with one attached hydrogen (secondary N) is 1. The molecular formula is C12H8N4OS. The number of nitriles is 1. The molecule has 0 bridgehead atoms. The van der Waals surface area contributed by atoms with Gasteiger partial charge >= 0.3 is 0 Å². The van der Waals surface area contributed by atoms with Gasteiger partial charge in [-0.25, -0.2) is 0 Å². The maximum absolute atomic E-state index is 8.75. The fraction of sp³-hybridized carbons (Fsp3) is 0.0833. The van der Waals surface area contributed by atoms with Gasteiger partial charge in [0.2, 0.25) is 5.82 Å². The normalized spacial score (nSPS) is 10.4. The second-order valence-corrected chi connectivity index (χ2v) is 4.55. The van der Waals surface area contributed by atoms with E-state index in [0.717, 1.165) is 11.1 Å². The molecule has 88 valence electrons. The number of thiophene rings is 1. The van der Waals surface area contributed by atoms with Crippen molar-refractivity contribution in [3.8, 4) is 29.0 Å². The van der Waals surface area contributed by atoms with Gasteiger partial charge in [-0.1, -0.05) is 5.16 Å². The molecule has 6 heteroatoms. The van der Waals surface area contributed by atoms with E-state index in [0.29, 0.717) is 23.0 Å². The van der Waals surface area contributed by atoms with Crippen LogP contribution < -0.4 is 0 Å². The van der Waals surface area contributed by atoms with Crippen LogP contribution in [0.2, 0.25) is 0 Å². The third-order valence-corrected chi connectivity index (χ3v) is 3.43. The first kappa shape index (κ1) is 10.7. The summed E-state index contributed by atoms with van der Waals surface area (Å²) in [6.07, 6.45) is 1.61. The summed E-state index contributed by atoms with van der Waals surface area (Å²) in [4.78, 5) is 7.25. The van der Waals surface area contributed by atoms with Crippen LogP contribution in [0.1, 0.15) is 11.1 Å². The first-order valence-corrected chi connectivity index (χ1v) is 6.18. The summed E-state index contributed by atoms with van der Waals surface area (Å²) >= 11 is 1.60. The summed E-state index contributed by atoms with van der Waals surface area (Å²) in [5.41, 5.74) is 3.29. The van der Waals surface area contributed by atoms with Gasteiger partial charge in [-0.3, -0.25) is 0 Å². The average Bonchev–Trinajstić information content (AvgIpc) is 3.07. The molecule has 0 fully saturated rings. The van der Waals surface area contributed by atoms with Gasteiger partial charge in [0.1, 0.15) is 11.8 Å². The molecule has 0 atom stereocenters. The van der Waals surface area contributed by atoms with Gasteiger partial charge in [-0.2, -0.15) is 21.6 Å². The summed E-state index contributed by atoms with van der Waals surface area (Å²) < 4.78 is 5.19. The summed E-state index contributed by atoms with van der Waals surface area (Å²) in [6, 6.07) is 3.72. The lowest BCUT2D eigenvalue weighted by atomic mass is 10.2. The highest BCUT2D eigenvalue weighted by Crippen LogP contribution is 2.26. The van der Waals surface area contributed by atoms with E-state index in [2.05, 4.69) is 15.1 Å². The van der Waals surface area contributed by atoms with E-state index in [1.165, 1.54) is 0 Å². The van der Waals surface area contributed by atoms with Crippen LogP contribution in [0.5, 0.6) is 0 Å². The van der Waals surface area contributed by atoms with Gasteiger partial charge in [0.05, 0.1) is 5.56 Å². The number of hydrogen-bond acceptors (Lipinski definition) is 5. The molecule has 0 unspecified atom stereocenters. The van der Waals surface area contributed by atoms with Crippen LogP contribution in [0.3, 0.4) is 0 Å². The minimum absolute atomic E-state index is 0.386. The second-order valence-electron chi connectivity index (χ2n) is 3.81. The number of rotatable bonds is 2. The van der Waals surface area contributed by atoms with E-state index < -0.39 is 0 Å². The van der Waals surface area contributed by atoms with Crippen molar-refractivity contribution in [3.05, 3.63) is 34.2 Å². The number of H-pyrrole nitrogens is 1. The molecule has 3 aromatic heterocycles. The lowest BCUT2D eigenvalue weighted by Gasteiger charge is -1.89. The van der Waals surface area contributed by atoms with E-state index in [1.54, 1.807) is 23.6 Å². The van der Waals surface area contributed by atoms with Crippen molar-refractivity contribution in [2.45, 2.75) is 6.92 Å². The Hall–Kier alpha value is -2.39. The highest BCUT2D eigenvalue weighted by molar-refractivity contribution is 7.08. The van der Waals surface area contributed by atoms with Crippen molar-refractivity contribution in [3.63, 3.8) is 0 Å². The molecule has 0 aliphatic carbocycles. The van der Waals surface area contributed by atoms with Crippen molar-refractivity contribution < 1.29 is 4.52 Å². The quantitative estimate of drug-likeness (QED) is 0.764. The van der Waals surface area contributed by atoms with Crippen molar-refractivity contribution in [2.75, 3.05) is 0 Å². The third-order valence-electron chi connectivity index (χ3n) is 2.57. The minimum atomic E-state index is 0.386. The molecule has 0 radical (unpaired) electrons. The minimum Gasteiger partial charge on any atom is -0.356 e. The van der Waals surface area contributed by atoms with Gasteiger partial charge in [-0.15, -0.1) is 0 Å². The molecule has 0 spiro atoms. The molecule has 3 rings (SSSR count). The summed E-state index contributed by atoms with van der Waals surface area (Å²) in [7, 11) is 0. The van der Waals surface area contributed by atoms with Gasteiger partial charge < -0.3 is 9.51 Å². The summed E-state index contributed by atoms with van der Waals surface area (Å²) in [5, 5.41) is 16.7. The molecule has 0 aromatic carbocycles. The van der Waals surface area contributed by atoms with Gasteiger partial charge in [0.15, 0.2) is 0 Å². The lowest BCUT2D eigenvalue weighted by molar-refractivity contribution is 0.431. The predicted molar refractivity (Wildman–Crippen MR) is 66.8 cm³/mol. The van der Waals surface area contributed by atoms with Crippen molar-refractivity contribution >= 4 is 11.3 Å². The first-order chi connectivity index (χ1) is 8.78. The Morgan fingerprint density at radius 3 is 3.00 bits per heavy atom. The van der Waals surface area contributed by atoms with E-state index >= 15 is 0 Å². The van der Waals surface area contributed by atoms with Crippen LogP contribution in [0, 0.1) is 18.3 Å². The molecule has 0 saturated carbocycles. The van der Waals surface area contributed by atoms with Crippen molar-refractivity contribution in [2.24, 2.45) is 0 Å². The van der Waals surface area contributed by atoms with Crippen LogP contribution in [0.25, 0.3) is 23.0 Å². The van der Waals surface area contributed by atoms with E-state index in [-0.39, 0.29) is 0 Å². The zero-order valence-corrected chi connectivity index (χ0v) is 10.3. The van der Waals surface area contributed by atoms with Gasteiger partial charge in [-0.05, 0) is 23.9 Å². The standard InChI is InChI=1S/C12H8N4OS/c1-7-5-18-6-9(7)11-15-12(17-16-11)10-2-8(3-13)4-14-10/h2,4-6,14H,1H3. The Bertz CT molecular complexity index is 731. The molecule has 0 aliphatic rings. The highest BCUT2D eigenvalue weighted by atomic mass is 32.1. The average molecular weight is 256 g/mol. The fourth-order valence-corrected chi connectivity index (χ4v) is 2.44. The van der Waals surface area contributed by atoms with Crippen molar-refractivity contribution in [1.82, 2.24) is 15.1 Å². The molecule has 0 amide bonds. The Balaban J connectivity index is 1.99. The smallest absolute Gasteiger partial charge is 0.274 e. The number of aryl methyl sites for hydroxylation is 1. The van der Waals surface area contributed by atoms with Crippen LogP contribution >= 0.6 is 11.3 Å². The molecular weight excluding hydrogens is 248 g/mol. The van der Waals surface area contributed by atoms with Crippen molar-refractivity contribution in [1.29, 1.82) is 5.26 Å². The van der Waals surface area contributed by atoms with E-state index in [4.69, 9.17) is 9.78 Å². The number of aromatic amines is 1. The molecule has 5 nitrogen and oxygen atoms in total. The third kappa shape index (κ3) is 1.71. The zero-order chi connectivity index (χ0) is 12.5. The Kier molecular flexibility index (Phi) is 2.46. The molecule has 0 saturated heterocycles. The highest BCUT2D eigenvalue weighted by Gasteiger charge is 2.14. The Labute approximate surface area is 107 Å². The topological polar surface area (TPSA) is 78.5 Å². The largest absolute Gasteiger partial charge is 0.356 e.